The van der Waals surface area contributed by atoms with E-state index in [1.165, 1.54) is 4.88 Å². The van der Waals surface area contributed by atoms with Crippen LogP contribution >= 0.6 is 11.3 Å². The Balaban J connectivity index is 2.08. The van der Waals surface area contributed by atoms with Crippen LogP contribution in [-0.2, 0) is 4.74 Å². The lowest BCUT2D eigenvalue weighted by atomic mass is 9.93. The number of hydrogen-bond acceptors (Lipinski definition) is 3. The monoisotopic (exact) mass is 197 g/mol. The largest absolute Gasteiger partial charge is 0.378 e. The van der Waals surface area contributed by atoms with Crippen LogP contribution in [-0.4, -0.2) is 12.7 Å². The van der Waals surface area contributed by atoms with Gasteiger partial charge in [0.25, 0.3) is 0 Å². The Morgan fingerprint density at radius 1 is 1.69 bits per heavy atom. The standard InChI is InChI=1S/C10H15NOS/c1-7-8(4-5-12-7)10(11)9-3-2-6-13-9/h2-3,6-8,10H,4-5,11H2,1H3. The Hall–Kier alpha value is -0.380. The van der Waals surface area contributed by atoms with Gasteiger partial charge >= 0.3 is 0 Å². The van der Waals surface area contributed by atoms with E-state index < -0.39 is 0 Å². The molecule has 1 aliphatic heterocycles. The molecule has 0 aliphatic carbocycles. The van der Waals surface area contributed by atoms with E-state index in [1.54, 1.807) is 11.3 Å². The van der Waals surface area contributed by atoms with Gasteiger partial charge in [0, 0.05) is 23.4 Å². The van der Waals surface area contributed by atoms with Crippen molar-refractivity contribution < 1.29 is 4.74 Å². The molecule has 2 heterocycles. The minimum Gasteiger partial charge on any atom is -0.378 e. The molecule has 0 bridgehead atoms. The number of hydrogen-bond donors (Lipinski definition) is 1. The van der Waals surface area contributed by atoms with E-state index in [4.69, 9.17) is 10.5 Å². The fraction of sp³-hybridized carbons (Fsp3) is 0.600. The molecule has 0 radical (unpaired) electrons. The quantitative estimate of drug-likeness (QED) is 0.788. The summed E-state index contributed by atoms with van der Waals surface area (Å²) in [5, 5.41) is 2.08. The molecule has 1 aliphatic rings. The van der Waals surface area contributed by atoms with Crippen LogP contribution in [0.3, 0.4) is 0 Å². The summed E-state index contributed by atoms with van der Waals surface area (Å²) in [7, 11) is 0. The first kappa shape index (κ1) is 9.19. The van der Waals surface area contributed by atoms with Crippen LogP contribution in [0.1, 0.15) is 24.3 Å². The van der Waals surface area contributed by atoms with E-state index in [0.717, 1.165) is 13.0 Å². The average molecular weight is 197 g/mol. The van der Waals surface area contributed by atoms with Crippen LogP contribution in [0.5, 0.6) is 0 Å². The molecule has 1 fully saturated rings. The highest BCUT2D eigenvalue weighted by Gasteiger charge is 2.30. The van der Waals surface area contributed by atoms with Crippen molar-refractivity contribution in [2.45, 2.75) is 25.5 Å². The smallest absolute Gasteiger partial charge is 0.0594 e. The fourth-order valence-electron chi connectivity index (χ4n) is 1.91. The number of ether oxygens (including phenoxy) is 1. The summed E-state index contributed by atoms with van der Waals surface area (Å²) in [6.45, 7) is 2.98. The normalized spacial score (nSPS) is 30.6. The van der Waals surface area contributed by atoms with Gasteiger partial charge in [-0.15, -0.1) is 11.3 Å². The van der Waals surface area contributed by atoms with Gasteiger partial charge in [-0.3, -0.25) is 0 Å². The van der Waals surface area contributed by atoms with Crippen LogP contribution in [0.4, 0.5) is 0 Å². The van der Waals surface area contributed by atoms with Crippen molar-refractivity contribution in [3.05, 3.63) is 22.4 Å². The van der Waals surface area contributed by atoms with Crippen molar-refractivity contribution in [1.29, 1.82) is 0 Å². The molecule has 0 aromatic carbocycles. The highest BCUT2D eigenvalue weighted by atomic mass is 32.1. The zero-order valence-electron chi connectivity index (χ0n) is 7.77. The van der Waals surface area contributed by atoms with Crippen molar-refractivity contribution in [3.63, 3.8) is 0 Å². The predicted molar refractivity (Wildman–Crippen MR) is 54.8 cm³/mol. The summed E-state index contributed by atoms with van der Waals surface area (Å²) >= 11 is 1.74. The van der Waals surface area contributed by atoms with E-state index >= 15 is 0 Å². The highest BCUT2D eigenvalue weighted by molar-refractivity contribution is 7.10. The van der Waals surface area contributed by atoms with Gasteiger partial charge in [-0.1, -0.05) is 6.07 Å². The van der Waals surface area contributed by atoms with Crippen molar-refractivity contribution in [2.75, 3.05) is 6.61 Å². The molecular weight excluding hydrogens is 182 g/mol. The topological polar surface area (TPSA) is 35.2 Å². The fourth-order valence-corrected chi connectivity index (χ4v) is 2.72. The second-order valence-corrected chi connectivity index (χ2v) is 4.55. The van der Waals surface area contributed by atoms with E-state index in [-0.39, 0.29) is 6.04 Å². The van der Waals surface area contributed by atoms with Crippen LogP contribution in [0.25, 0.3) is 0 Å². The molecule has 1 aromatic rings. The van der Waals surface area contributed by atoms with E-state index in [0.29, 0.717) is 12.0 Å². The Labute approximate surface area is 82.7 Å². The third-order valence-electron chi connectivity index (χ3n) is 2.77. The Bertz CT molecular complexity index is 260. The zero-order valence-corrected chi connectivity index (χ0v) is 8.59. The average Bonchev–Trinajstić information content (AvgIpc) is 2.72. The molecule has 72 valence electrons. The van der Waals surface area contributed by atoms with Crippen molar-refractivity contribution in [2.24, 2.45) is 11.7 Å². The molecule has 1 saturated heterocycles. The third kappa shape index (κ3) is 1.77. The molecule has 0 spiro atoms. The number of thiophene rings is 1. The molecular formula is C10H15NOS. The first-order valence-electron chi connectivity index (χ1n) is 4.69. The van der Waals surface area contributed by atoms with Crippen molar-refractivity contribution in [1.82, 2.24) is 0 Å². The second-order valence-electron chi connectivity index (χ2n) is 3.57. The summed E-state index contributed by atoms with van der Waals surface area (Å²) < 4.78 is 5.51. The summed E-state index contributed by atoms with van der Waals surface area (Å²) in [5.41, 5.74) is 6.17. The second kappa shape index (κ2) is 3.78. The van der Waals surface area contributed by atoms with Gasteiger partial charge in [-0.2, -0.15) is 0 Å². The highest BCUT2D eigenvalue weighted by Crippen LogP contribution is 2.33. The molecule has 1 aromatic heterocycles. The molecule has 13 heavy (non-hydrogen) atoms. The van der Waals surface area contributed by atoms with Gasteiger partial charge in [-0.05, 0) is 24.8 Å². The minimum absolute atomic E-state index is 0.164. The molecule has 3 unspecified atom stereocenters. The van der Waals surface area contributed by atoms with Gasteiger partial charge in [0.1, 0.15) is 0 Å². The van der Waals surface area contributed by atoms with Crippen molar-refractivity contribution >= 4 is 11.3 Å². The summed E-state index contributed by atoms with van der Waals surface area (Å²) in [5.74, 6) is 0.499. The molecule has 2 nitrogen and oxygen atoms in total. The molecule has 3 heteroatoms. The number of rotatable bonds is 2. The first-order chi connectivity index (χ1) is 6.29. The van der Waals surface area contributed by atoms with Crippen LogP contribution in [0, 0.1) is 5.92 Å². The minimum atomic E-state index is 0.164. The lowest BCUT2D eigenvalue weighted by molar-refractivity contribution is 0.0998. The van der Waals surface area contributed by atoms with E-state index in [2.05, 4.69) is 24.4 Å². The van der Waals surface area contributed by atoms with Gasteiger partial charge < -0.3 is 10.5 Å². The SMILES string of the molecule is CC1OCCC1C(N)c1cccs1. The Morgan fingerprint density at radius 3 is 3.08 bits per heavy atom. The lowest BCUT2D eigenvalue weighted by Crippen LogP contribution is -2.25. The van der Waals surface area contributed by atoms with Gasteiger partial charge in [0.2, 0.25) is 0 Å². The maximum Gasteiger partial charge on any atom is 0.0594 e. The van der Waals surface area contributed by atoms with Gasteiger partial charge in [-0.25, -0.2) is 0 Å². The molecule has 2 rings (SSSR count). The third-order valence-corrected chi connectivity index (χ3v) is 3.74. The van der Waals surface area contributed by atoms with Crippen LogP contribution in [0.15, 0.2) is 17.5 Å². The summed E-state index contributed by atoms with van der Waals surface area (Å²) in [6.07, 6.45) is 1.41. The van der Waals surface area contributed by atoms with Crippen molar-refractivity contribution in [3.8, 4) is 0 Å². The van der Waals surface area contributed by atoms with Gasteiger partial charge in [0.15, 0.2) is 0 Å². The van der Waals surface area contributed by atoms with Crippen LogP contribution < -0.4 is 5.73 Å². The van der Waals surface area contributed by atoms with E-state index in [9.17, 15) is 0 Å². The Morgan fingerprint density at radius 2 is 2.54 bits per heavy atom. The molecule has 2 N–H and O–H groups in total. The molecule has 3 atom stereocenters. The first-order valence-corrected chi connectivity index (χ1v) is 5.57. The molecule has 0 amide bonds. The Kier molecular flexibility index (Phi) is 2.67. The zero-order chi connectivity index (χ0) is 9.26. The molecule has 0 saturated carbocycles. The predicted octanol–water partition coefficient (Wildman–Crippen LogP) is 2.17. The lowest BCUT2D eigenvalue weighted by Gasteiger charge is -2.20. The summed E-state index contributed by atoms with van der Waals surface area (Å²) in [4.78, 5) is 1.28. The maximum absolute atomic E-state index is 6.17. The van der Waals surface area contributed by atoms with E-state index in [1.807, 2.05) is 0 Å². The van der Waals surface area contributed by atoms with Gasteiger partial charge in [0.05, 0.1) is 6.10 Å². The van der Waals surface area contributed by atoms with Crippen LogP contribution in [0.2, 0.25) is 0 Å². The summed E-state index contributed by atoms with van der Waals surface area (Å²) in [6, 6.07) is 4.33. The number of nitrogens with two attached hydrogens (primary N) is 1. The maximum atomic E-state index is 6.17.